The molecule has 45 valence electrons. The van der Waals surface area contributed by atoms with Gasteiger partial charge in [0.2, 0.25) is 0 Å². The number of aromatic nitrogens is 1. The van der Waals surface area contributed by atoms with Crippen molar-refractivity contribution in [3.05, 3.63) is 11.1 Å². The molecule has 0 amide bonds. The molecule has 0 saturated heterocycles. The lowest BCUT2D eigenvalue weighted by molar-refractivity contribution is 1.24. The van der Waals surface area contributed by atoms with Gasteiger partial charge in [0.25, 0.3) is 0 Å². The van der Waals surface area contributed by atoms with E-state index in [9.17, 15) is 0 Å². The van der Waals surface area contributed by atoms with E-state index in [1.165, 1.54) is 11.5 Å². The normalized spacial score (nSPS) is 8.89. The first-order valence-electron chi connectivity index (χ1n) is 2.24. The topological polar surface area (TPSA) is 36.7 Å². The van der Waals surface area contributed by atoms with Crippen LogP contribution in [0.5, 0.6) is 0 Å². The van der Waals surface area contributed by atoms with Crippen molar-refractivity contribution >= 4 is 23.3 Å². The van der Waals surface area contributed by atoms with Gasteiger partial charge in [0.1, 0.15) is 5.40 Å². The lowest BCUT2D eigenvalue weighted by Gasteiger charge is -1.82. The number of hydrogen-bond acceptors (Lipinski definition) is 4. The van der Waals surface area contributed by atoms with Crippen LogP contribution in [0, 0.1) is 23.0 Å². The largest absolute Gasteiger partial charge is 0.196 e. The highest BCUT2D eigenvalue weighted by Crippen LogP contribution is 2.20. The summed E-state index contributed by atoms with van der Waals surface area (Å²) >= 11 is 2.37. The van der Waals surface area contributed by atoms with Crippen LogP contribution in [0.2, 0.25) is 0 Å². The molecule has 0 bridgehead atoms. The van der Waals surface area contributed by atoms with E-state index >= 15 is 0 Å². The third-order valence-corrected chi connectivity index (χ3v) is 2.28. The zero-order valence-corrected chi connectivity index (χ0v) is 6.34. The van der Waals surface area contributed by atoms with Gasteiger partial charge >= 0.3 is 0 Å². The predicted molar refractivity (Wildman–Crippen MR) is 37.2 cm³/mol. The van der Waals surface area contributed by atoms with E-state index in [-0.39, 0.29) is 0 Å². The predicted octanol–water partition coefficient (Wildman–Crippen LogP) is 1.82. The molecule has 0 fully saturated rings. The second-order valence-corrected chi connectivity index (χ2v) is 2.76. The monoisotopic (exact) mass is 155 g/mol. The summed E-state index contributed by atoms with van der Waals surface area (Å²) in [7, 11) is 0. The fourth-order valence-corrected chi connectivity index (χ4v) is 1.51. The van der Waals surface area contributed by atoms with Gasteiger partial charge in [-0.25, -0.2) is 0 Å². The van der Waals surface area contributed by atoms with Crippen LogP contribution in [0.3, 0.4) is 0 Å². The molecule has 9 heavy (non-hydrogen) atoms. The highest BCUT2D eigenvalue weighted by molar-refractivity contribution is 8.03. The average Bonchev–Trinajstić information content (AvgIpc) is 2.18. The van der Waals surface area contributed by atoms with E-state index in [0.717, 1.165) is 22.4 Å². The summed E-state index contributed by atoms with van der Waals surface area (Å²) in [6.07, 6.45) is 0. The fraction of sp³-hybridized carbons (Fsp3) is 0.200. The Morgan fingerprint density at radius 1 is 1.89 bits per heavy atom. The van der Waals surface area contributed by atoms with Gasteiger partial charge in [0.15, 0.2) is 0 Å². The van der Waals surface area contributed by atoms with E-state index in [0.29, 0.717) is 0 Å². The third-order valence-electron chi connectivity index (χ3n) is 0.797. The van der Waals surface area contributed by atoms with Gasteiger partial charge in [-0.3, -0.25) is 0 Å². The molecular formula is C5H3N2S2. The molecule has 0 aliphatic rings. The molecular weight excluding hydrogens is 152 g/mol. The van der Waals surface area contributed by atoms with Crippen molar-refractivity contribution in [1.82, 2.24) is 4.37 Å². The Kier molecular flexibility index (Phi) is 2.09. The van der Waals surface area contributed by atoms with Crippen molar-refractivity contribution in [2.45, 2.75) is 11.8 Å². The molecule has 0 aliphatic heterocycles. The maximum absolute atomic E-state index is 8.23. The number of thioether (sulfide) groups is 1. The van der Waals surface area contributed by atoms with Gasteiger partial charge in [0.05, 0.1) is 16.0 Å². The molecule has 0 saturated carbocycles. The summed E-state index contributed by atoms with van der Waals surface area (Å²) < 4.78 is 3.95. The Hall–Kier alpha value is -0.530. The molecule has 0 spiro atoms. The van der Waals surface area contributed by atoms with E-state index in [4.69, 9.17) is 5.26 Å². The molecule has 0 aliphatic carbocycles. The first-order chi connectivity index (χ1) is 4.34. The van der Waals surface area contributed by atoms with Crippen molar-refractivity contribution in [2.24, 2.45) is 0 Å². The highest BCUT2D eigenvalue weighted by atomic mass is 32.2. The van der Waals surface area contributed by atoms with E-state index < -0.39 is 0 Å². The molecule has 1 radical (unpaired) electrons. The first-order valence-corrected chi connectivity index (χ1v) is 3.83. The van der Waals surface area contributed by atoms with Crippen molar-refractivity contribution < 1.29 is 0 Å². The molecule has 0 atom stereocenters. The van der Waals surface area contributed by atoms with Crippen molar-refractivity contribution in [1.29, 1.82) is 5.26 Å². The molecule has 0 aromatic carbocycles. The van der Waals surface area contributed by atoms with Gasteiger partial charge < -0.3 is 0 Å². The summed E-state index contributed by atoms with van der Waals surface area (Å²) in [5, 5.41) is 13.1. The average molecular weight is 155 g/mol. The summed E-state index contributed by atoms with van der Waals surface area (Å²) in [6.45, 7) is 1.87. The molecule has 1 rings (SSSR count). The minimum atomic E-state index is 0.850. The van der Waals surface area contributed by atoms with Crippen LogP contribution < -0.4 is 0 Å². The summed E-state index contributed by atoms with van der Waals surface area (Å²) in [4.78, 5) is 0.850. The highest BCUT2D eigenvalue weighted by Gasteiger charge is 1.99. The Labute approximate surface area is 61.7 Å². The van der Waals surface area contributed by atoms with Crippen LogP contribution >= 0.6 is 23.3 Å². The Bertz CT molecular complexity index is 235. The zero-order chi connectivity index (χ0) is 6.69. The van der Waals surface area contributed by atoms with Gasteiger partial charge in [-0.05, 0) is 30.2 Å². The SMILES string of the molecule is Cc1ns[c]c1SC#N. The minimum Gasteiger partial charge on any atom is -0.196 e. The molecule has 0 N–H and O–H groups in total. The molecule has 0 unspecified atom stereocenters. The van der Waals surface area contributed by atoms with Gasteiger partial charge in [0, 0.05) is 0 Å². The standard InChI is InChI=1S/C5H3N2S2/c1-4-5(8-3-6)2-9-7-4/h1H3. The maximum atomic E-state index is 8.23. The molecule has 2 nitrogen and oxygen atoms in total. The van der Waals surface area contributed by atoms with Crippen molar-refractivity contribution in [2.75, 3.05) is 0 Å². The zero-order valence-electron chi connectivity index (χ0n) is 4.71. The second kappa shape index (κ2) is 2.85. The van der Waals surface area contributed by atoms with Crippen LogP contribution in [0.1, 0.15) is 5.69 Å². The van der Waals surface area contributed by atoms with Crippen LogP contribution in [0.25, 0.3) is 0 Å². The molecule has 1 aromatic heterocycles. The van der Waals surface area contributed by atoms with E-state index in [2.05, 4.69) is 9.75 Å². The van der Waals surface area contributed by atoms with Gasteiger partial charge in [-0.1, -0.05) is 0 Å². The van der Waals surface area contributed by atoms with Crippen LogP contribution in [0.15, 0.2) is 4.90 Å². The first kappa shape index (κ1) is 6.59. The van der Waals surface area contributed by atoms with E-state index in [1.54, 1.807) is 0 Å². The minimum absolute atomic E-state index is 0.850. The van der Waals surface area contributed by atoms with Crippen molar-refractivity contribution in [3.63, 3.8) is 0 Å². The number of thiocyanates is 1. The molecule has 1 aromatic rings. The quantitative estimate of drug-likeness (QED) is 0.458. The lowest BCUT2D eigenvalue weighted by atomic mass is 10.5. The number of rotatable bonds is 1. The second-order valence-electron chi connectivity index (χ2n) is 1.39. The number of nitrogens with zero attached hydrogens (tertiary/aromatic N) is 2. The maximum Gasteiger partial charge on any atom is 0.138 e. The molecule has 1 heterocycles. The summed E-state index contributed by atoms with van der Waals surface area (Å²) in [6, 6.07) is 0. The summed E-state index contributed by atoms with van der Waals surface area (Å²) in [5.74, 6) is 0. The van der Waals surface area contributed by atoms with Gasteiger partial charge in [-0.15, -0.1) is 0 Å². The van der Waals surface area contributed by atoms with Crippen LogP contribution in [0.4, 0.5) is 0 Å². The Balaban J connectivity index is 2.84. The van der Waals surface area contributed by atoms with Crippen LogP contribution in [-0.4, -0.2) is 4.37 Å². The van der Waals surface area contributed by atoms with E-state index in [1.807, 2.05) is 12.3 Å². The smallest absolute Gasteiger partial charge is 0.138 e. The van der Waals surface area contributed by atoms with Gasteiger partial charge in [-0.2, -0.15) is 9.64 Å². The Morgan fingerprint density at radius 3 is 3.11 bits per heavy atom. The lowest BCUT2D eigenvalue weighted by Crippen LogP contribution is -1.68. The van der Waals surface area contributed by atoms with Crippen LogP contribution in [-0.2, 0) is 0 Å². The molecule has 4 heteroatoms. The summed E-state index contributed by atoms with van der Waals surface area (Å²) in [5.41, 5.74) is 0.895. The third kappa shape index (κ3) is 1.44. The number of aryl methyl sites for hydroxylation is 1. The van der Waals surface area contributed by atoms with Crippen molar-refractivity contribution in [3.8, 4) is 5.40 Å². The number of hydrogen-bond donors (Lipinski definition) is 0. The Morgan fingerprint density at radius 2 is 2.67 bits per heavy atom. The number of nitriles is 1. The fourth-order valence-electron chi connectivity index (χ4n) is 0.388.